The number of carboxylic acid groups (broad SMARTS) is 1. The molecule has 0 radical (unpaired) electrons. The summed E-state index contributed by atoms with van der Waals surface area (Å²) >= 11 is 1.07. The molecule has 0 atom stereocenters. The molecule has 2 aromatic carbocycles. The predicted octanol–water partition coefficient (Wildman–Crippen LogP) is 4.35. The number of sulfonamides is 1. The quantitative estimate of drug-likeness (QED) is 0.654. The standard InChI is InChI=1S/C18H15NO5S2/c1-12-2-8-15(9-3-12)26(22,23)19-13-4-6-14(7-5-13)24-16-10-11-25-17(16)18(20)21/h2-11,19H,1H3,(H,20,21). The SMILES string of the molecule is Cc1ccc(S(=O)(=O)Nc2ccc(Oc3ccsc3C(=O)O)cc2)cc1. The van der Waals surface area contributed by atoms with Gasteiger partial charge in [-0.15, -0.1) is 11.3 Å². The molecule has 2 N–H and O–H groups in total. The number of carbonyl (C=O) groups is 1. The zero-order valence-electron chi connectivity index (χ0n) is 13.7. The maximum Gasteiger partial charge on any atom is 0.349 e. The van der Waals surface area contributed by atoms with E-state index in [1.165, 1.54) is 0 Å². The average Bonchev–Trinajstić information content (AvgIpc) is 3.05. The van der Waals surface area contributed by atoms with Crippen molar-refractivity contribution in [2.75, 3.05) is 4.72 Å². The predicted molar refractivity (Wildman–Crippen MR) is 99.8 cm³/mol. The van der Waals surface area contributed by atoms with E-state index in [0.29, 0.717) is 11.4 Å². The molecule has 0 saturated carbocycles. The Morgan fingerprint density at radius 1 is 1.04 bits per heavy atom. The second kappa shape index (κ2) is 7.19. The molecule has 26 heavy (non-hydrogen) atoms. The van der Waals surface area contributed by atoms with Crippen LogP contribution in [0.4, 0.5) is 5.69 Å². The summed E-state index contributed by atoms with van der Waals surface area (Å²) in [6.07, 6.45) is 0. The van der Waals surface area contributed by atoms with Crippen LogP contribution in [0.5, 0.6) is 11.5 Å². The lowest BCUT2D eigenvalue weighted by Gasteiger charge is -2.10. The third-order valence-electron chi connectivity index (χ3n) is 3.49. The number of benzene rings is 2. The number of thiophene rings is 1. The molecule has 0 aliphatic carbocycles. The van der Waals surface area contributed by atoms with Crippen molar-refractivity contribution in [3.05, 3.63) is 70.4 Å². The van der Waals surface area contributed by atoms with E-state index in [2.05, 4.69) is 4.72 Å². The Kier molecular flexibility index (Phi) is 4.97. The summed E-state index contributed by atoms with van der Waals surface area (Å²) < 4.78 is 32.8. The largest absolute Gasteiger partial charge is 0.477 e. The fourth-order valence-electron chi connectivity index (χ4n) is 2.18. The van der Waals surface area contributed by atoms with Gasteiger partial charge in [-0.05, 0) is 54.8 Å². The first kappa shape index (κ1) is 18.0. The maximum absolute atomic E-state index is 12.4. The van der Waals surface area contributed by atoms with Crippen LogP contribution in [0.15, 0.2) is 64.9 Å². The summed E-state index contributed by atoms with van der Waals surface area (Å²) in [6.45, 7) is 1.88. The van der Waals surface area contributed by atoms with E-state index in [1.54, 1.807) is 60.0 Å². The van der Waals surface area contributed by atoms with Gasteiger partial charge >= 0.3 is 5.97 Å². The molecule has 0 fully saturated rings. The molecule has 134 valence electrons. The van der Waals surface area contributed by atoms with Gasteiger partial charge in [-0.2, -0.15) is 0 Å². The highest BCUT2D eigenvalue weighted by molar-refractivity contribution is 7.92. The molecular formula is C18H15NO5S2. The minimum absolute atomic E-state index is 0.106. The van der Waals surface area contributed by atoms with E-state index in [4.69, 9.17) is 9.84 Å². The van der Waals surface area contributed by atoms with Crippen molar-refractivity contribution in [3.63, 3.8) is 0 Å². The number of aromatic carboxylic acids is 1. The Labute approximate surface area is 154 Å². The number of carboxylic acids is 1. The van der Waals surface area contributed by atoms with Crippen molar-refractivity contribution in [1.82, 2.24) is 0 Å². The molecule has 0 bridgehead atoms. The molecule has 0 saturated heterocycles. The highest BCUT2D eigenvalue weighted by atomic mass is 32.2. The Hall–Kier alpha value is -2.84. The van der Waals surface area contributed by atoms with E-state index in [-0.39, 0.29) is 15.5 Å². The molecule has 3 aromatic rings. The molecule has 1 heterocycles. The van der Waals surface area contributed by atoms with Gasteiger partial charge in [0.15, 0.2) is 10.6 Å². The smallest absolute Gasteiger partial charge is 0.349 e. The molecule has 6 nitrogen and oxygen atoms in total. The monoisotopic (exact) mass is 389 g/mol. The Morgan fingerprint density at radius 2 is 1.69 bits per heavy atom. The first-order chi connectivity index (χ1) is 12.3. The van der Waals surface area contributed by atoms with Gasteiger partial charge in [0.2, 0.25) is 0 Å². The fourth-order valence-corrected chi connectivity index (χ4v) is 3.90. The summed E-state index contributed by atoms with van der Waals surface area (Å²) in [5.74, 6) is -0.405. The number of hydrogen-bond donors (Lipinski definition) is 2. The van der Waals surface area contributed by atoms with Crippen LogP contribution < -0.4 is 9.46 Å². The van der Waals surface area contributed by atoms with Crippen LogP contribution in [-0.4, -0.2) is 19.5 Å². The van der Waals surface area contributed by atoms with Crippen LogP contribution in [0, 0.1) is 6.92 Å². The lowest BCUT2D eigenvalue weighted by molar-refractivity contribution is 0.0699. The summed E-state index contributed by atoms with van der Waals surface area (Å²) in [5, 5.41) is 10.7. The zero-order chi connectivity index (χ0) is 18.7. The van der Waals surface area contributed by atoms with E-state index >= 15 is 0 Å². The van der Waals surface area contributed by atoms with Gasteiger partial charge in [0, 0.05) is 5.69 Å². The van der Waals surface area contributed by atoms with Crippen LogP contribution in [0.2, 0.25) is 0 Å². The lowest BCUT2D eigenvalue weighted by Crippen LogP contribution is -2.12. The minimum Gasteiger partial charge on any atom is -0.477 e. The second-order valence-corrected chi connectivity index (χ2v) is 8.06. The van der Waals surface area contributed by atoms with E-state index < -0.39 is 16.0 Å². The van der Waals surface area contributed by atoms with Crippen LogP contribution in [0.3, 0.4) is 0 Å². The Bertz CT molecular complexity index is 1020. The van der Waals surface area contributed by atoms with Gasteiger partial charge in [0.1, 0.15) is 5.75 Å². The number of anilines is 1. The van der Waals surface area contributed by atoms with Gasteiger partial charge in [0.05, 0.1) is 4.90 Å². The van der Waals surface area contributed by atoms with Crippen molar-refractivity contribution in [2.24, 2.45) is 0 Å². The van der Waals surface area contributed by atoms with Crippen molar-refractivity contribution in [2.45, 2.75) is 11.8 Å². The number of hydrogen-bond acceptors (Lipinski definition) is 5. The Balaban J connectivity index is 1.74. The lowest BCUT2D eigenvalue weighted by atomic mass is 10.2. The number of ether oxygens (including phenoxy) is 1. The van der Waals surface area contributed by atoms with Crippen molar-refractivity contribution >= 4 is 33.0 Å². The molecule has 1 aromatic heterocycles. The number of aryl methyl sites for hydroxylation is 1. The average molecular weight is 389 g/mol. The van der Waals surface area contributed by atoms with Crippen LogP contribution in [0.1, 0.15) is 15.2 Å². The first-order valence-electron chi connectivity index (χ1n) is 7.53. The summed E-state index contributed by atoms with van der Waals surface area (Å²) in [5.41, 5.74) is 1.35. The van der Waals surface area contributed by atoms with Crippen molar-refractivity contribution < 1.29 is 23.1 Å². The normalized spacial score (nSPS) is 11.1. The van der Waals surface area contributed by atoms with E-state index in [0.717, 1.165) is 16.9 Å². The van der Waals surface area contributed by atoms with Crippen LogP contribution >= 0.6 is 11.3 Å². The minimum atomic E-state index is -3.68. The molecule has 0 aliphatic rings. The molecule has 0 spiro atoms. The van der Waals surface area contributed by atoms with Gasteiger partial charge in [-0.25, -0.2) is 13.2 Å². The molecule has 3 rings (SSSR count). The Morgan fingerprint density at radius 3 is 2.31 bits per heavy atom. The van der Waals surface area contributed by atoms with Gasteiger partial charge in [-0.1, -0.05) is 17.7 Å². The number of rotatable bonds is 6. The molecule has 8 heteroatoms. The highest BCUT2D eigenvalue weighted by Crippen LogP contribution is 2.30. The molecule has 0 unspecified atom stereocenters. The topological polar surface area (TPSA) is 92.7 Å². The molecule has 0 amide bonds. The zero-order valence-corrected chi connectivity index (χ0v) is 15.3. The third kappa shape index (κ3) is 4.04. The summed E-state index contributed by atoms with van der Waals surface area (Å²) in [7, 11) is -3.68. The molecule has 0 aliphatic heterocycles. The van der Waals surface area contributed by atoms with Crippen LogP contribution in [-0.2, 0) is 10.0 Å². The first-order valence-corrected chi connectivity index (χ1v) is 9.89. The third-order valence-corrected chi connectivity index (χ3v) is 5.77. The van der Waals surface area contributed by atoms with Gasteiger partial charge in [-0.3, -0.25) is 4.72 Å². The van der Waals surface area contributed by atoms with Gasteiger partial charge < -0.3 is 9.84 Å². The molecular weight excluding hydrogens is 374 g/mol. The highest BCUT2D eigenvalue weighted by Gasteiger charge is 2.15. The number of nitrogens with one attached hydrogen (secondary N) is 1. The summed E-state index contributed by atoms with van der Waals surface area (Å²) in [6, 6.07) is 14.3. The van der Waals surface area contributed by atoms with E-state index in [1.807, 2.05) is 6.92 Å². The maximum atomic E-state index is 12.4. The van der Waals surface area contributed by atoms with E-state index in [9.17, 15) is 13.2 Å². The second-order valence-electron chi connectivity index (χ2n) is 5.46. The van der Waals surface area contributed by atoms with Crippen LogP contribution in [0.25, 0.3) is 0 Å². The van der Waals surface area contributed by atoms with Gasteiger partial charge in [0.25, 0.3) is 10.0 Å². The van der Waals surface area contributed by atoms with Crippen molar-refractivity contribution in [3.8, 4) is 11.5 Å². The summed E-state index contributed by atoms with van der Waals surface area (Å²) in [4.78, 5) is 11.4. The van der Waals surface area contributed by atoms with Crippen molar-refractivity contribution in [1.29, 1.82) is 0 Å². The fraction of sp³-hybridized carbons (Fsp3) is 0.0556.